The second-order valence-corrected chi connectivity index (χ2v) is 8.48. The summed E-state index contributed by atoms with van der Waals surface area (Å²) in [4.78, 5) is 29.2. The predicted molar refractivity (Wildman–Crippen MR) is 131 cm³/mol. The Morgan fingerprint density at radius 1 is 1.00 bits per heavy atom. The van der Waals surface area contributed by atoms with Crippen molar-refractivity contribution in [3.63, 3.8) is 0 Å². The molecule has 0 aliphatic carbocycles. The van der Waals surface area contributed by atoms with E-state index in [1.165, 1.54) is 19.3 Å². The SMILES string of the molecule is COc1cc(/C=C2\N=C(c3ccc(Cl)c(Cl)c3)OC2=O)cc(Cl)c1OC(=O)c1cccc(C)c1. The van der Waals surface area contributed by atoms with Gasteiger partial charge in [0.15, 0.2) is 17.2 Å². The first-order valence-corrected chi connectivity index (χ1v) is 11.0. The molecule has 172 valence electrons. The Labute approximate surface area is 210 Å². The number of hydrogen-bond donors (Lipinski definition) is 0. The van der Waals surface area contributed by atoms with Crippen LogP contribution in [0.3, 0.4) is 0 Å². The van der Waals surface area contributed by atoms with E-state index in [0.717, 1.165) is 5.56 Å². The van der Waals surface area contributed by atoms with Crippen LogP contribution in [0, 0.1) is 6.92 Å². The number of benzene rings is 3. The molecule has 0 fully saturated rings. The quantitative estimate of drug-likeness (QED) is 0.219. The number of esters is 2. The molecule has 0 spiro atoms. The molecule has 1 heterocycles. The molecule has 3 aromatic carbocycles. The van der Waals surface area contributed by atoms with Gasteiger partial charge in [-0.3, -0.25) is 0 Å². The Balaban J connectivity index is 1.63. The number of ether oxygens (including phenoxy) is 3. The van der Waals surface area contributed by atoms with Crippen LogP contribution < -0.4 is 9.47 Å². The Hall–Kier alpha value is -3.32. The van der Waals surface area contributed by atoms with Crippen molar-refractivity contribution < 1.29 is 23.8 Å². The standard InChI is InChI=1S/C25H16Cl3NO5/c1-13-4-3-5-16(8-13)24(30)33-22-19(28)9-14(11-21(22)32-2)10-20-25(31)34-23(29-20)15-6-7-17(26)18(27)12-15/h3-12H,1-2H3/b20-10-. The maximum absolute atomic E-state index is 12.6. The zero-order chi connectivity index (χ0) is 24.4. The predicted octanol–water partition coefficient (Wildman–Crippen LogP) is 6.53. The maximum atomic E-state index is 12.6. The monoisotopic (exact) mass is 515 g/mol. The Morgan fingerprint density at radius 3 is 2.50 bits per heavy atom. The Bertz CT molecular complexity index is 1380. The molecular formula is C25H16Cl3NO5. The van der Waals surface area contributed by atoms with Gasteiger partial charge in [0.05, 0.1) is 27.7 Å². The van der Waals surface area contributed by atoms with Crippen LogP contribution in [0.5, 0.6) is 11.5 Å². The lowest BCUT2D eigenvalue weighted by atomic mass is 10.1. The average molecular weight is 517 g/mol. The van der Waals surface area contributed by atoms with Crippen molar-refractivity contribution in [3.05, 3.63) is 97.6 Å². The summed E-state index contributed by atoms with van der Waals surface area (Å²) < 4.78 is 16.1. The summed E-state index contributed by atoms with van der Waals surface area (Å²) in [5.41, 5.74) is 2.33. The molecule has 0 aromatic heterocycles. The van der Waals surface area contributed by atoms with Crippen LogP contribution in [0.4, 0.5) is 0 Å². The minimum atomic E-state index is -0.647. The third-order valence-electron chi connectivity index (χ3n) is 4.79. The number of halogens is 3. The zero-order valence-corrected chi connectivity index (χ0v) is 20.2. The molecule has 4 rings (SSSR count). The van der Waals surface area contributed by atoms with Gasteiger partial charge in [-0.15, -0.1) is 0 Å². The van der Waals surface area contributed by atoms with Crippen LogP contribution in [0.2, 0.25) is 15.1 Å². The van der Waals surface area contributed by atoms with Gasteiger partial charge in [0, 0.05) is 5.56 Å². The number of aliphatic imine (C=N–C) groups is 1. The molecule has 1 aliphatic rings. The second kappa shape index (κ2) is 9.89. The lowest BCUT2D eigenvalue weighted by molar-refractivity contribution is -0.129. The number of methoxy groups -OCH3 is 1. The van der Waals surface area contributed by atoms with E-state index in [1.807, 2.05) is 13.0 Å². The lowest BCUT2D eigenvalue weighted by Crippen LogP contribution is -2.10. The molecule has 0 saturated carbocycles. The number of aryl methyl sites for hydroxylation is 1. The van der Waals surface area contributed by atoms with Gasteiger partial charge in [-0.1, -0.05) is 52.5 Å². The smallest absolute Gasteiger partial charge is 0.363 e. The summed E-state index contributed by atoms with van der Waals surface area (Å²) >= 11 is 18.4. The molecule has 0 bridgehead atoms. The third kappa shape index (κ3) is 5.09. The number of hydrogen-bond acceptors (Lipinski definition) is 6. The fourth-order valence-corrected chi connectivity index (χ4v) is 3.72. The molecule has 0 atom stereocenters. The van der Waals surface area contributed by atoms with Crippen LogP contribution in [0.1, 0.15) is 27.0 Å². The van der Waals surface area contributed by atoms with E-state index in [9.17, 15) is 9.59 Å². The minimum Gasteiger partial charge on any atom is -0.493 e. The van der Waals surface area contributed by atoms with E-state index in [-0.39, 0.29) is 28.1 Å². The molecule has 0 unspecified atom stereocenters. The van der Waals surface area contributed by atoms with Crippen molar-refractivity contribution in [2.75, 3.05) is 7.11 Å². The summed E-state index contributed by atoms with van der Waals surface area (Å²) in [6, 6.07) is 14.8. The molecule has 0 amide bonds. The lowest BCUT2D eigenvalue weighted by Gasteiger charge is -2.12. The van der Waals surface area contributed by atoms with Crippen molar-refractivity contribution >= 4 is 58.7 Å². The van der Waals surface area contributed by atoms with Crippen molar-refractivity contribution in [1.29, 1.82) is 0 Å². The second-order valence-electron chi connectivity index (χ2n) is 7.26. The van der Waals surface area contributed by atoms with Gasteiger partial charge in [0.1, 0.15) is 0 Å². The fourth-order valence-electron chi connectivity index (χ4n) is 3.17. The Morgan fingerprint density at radius 2 is 1.79 bits per heavy atom. The molecule has 1 aliphatic heterocycles. The normalized spacial score (nSPS) is 14.1. The summed E-state index contributed by atoms with van der Waals surface area (Å²) in [5.74, 6) is -0.861. The minimum absolute atomic E-state index is 0.0451. The number of cyclic esters (lactones) is 1. The molecule has 34 heavy (non-hydrogen) atoms. The Kier molecular flexibility index (Phi) is 6.93. The van der Waals surface area contributed by atoms with Crippen molar-refractivity contribution in [2.45, 2.75) is 6.92 Å². The molecule has 0 radical (unpaired) electrons. The van der Waals surface area contributed by atoms with Crippen LogP contribution in [0.25, 0.3) is 6.08 Å². The van der Waals surface area contributed by atoms with Crippen LogP contribution in [0.15, 0.2) is 65.3 Å². The first-order chi connectivity index (χ1) is 16.2. The van der Waals surface area contributed by atoms with Crippen LogP contribution in [-0.2, 0) is 9.53 Å². The molecule has 9 heteroatoms. The van der Waals surface area contributed by atoms with Crippen molar-refractivity contribution in [1.82, 2.24) is 0 Å². The van der Waals surface area contributed by atoms with Gasteiger partial charge in [-0.05, 0) is 61.0 Å². The van der Waals surface area contributed by atoms with Crippen molar-refractivity contribution in [3.8, 4) is 11.5 Å². The van der Waals surface area contributed by atoms with Crippen LogP contribution >= 0.6 is 34.8 Å². The highest BCUT2D eigenvalue weighted by Crippen LogP contribution is 2.38. The molecule has 0 saturated heterocycles. The first-order valence-electron chi connectivity index (χ1n) is 9.89. The van der Waals surface area contributed by atoms with Gasteiger partial charge >= 0.3 is 11.9 Å². The first kappa shape index (κ1) is 23.8. The van der Waals surface area contributed by atoms with Gasteiger partial charge in [0.2, 0.25) is 5.90 Å². The average Bonchev–Trinajstić information content (AvgIpc) is 3.17. The van der Waals surface area contributed by atoms with Crippen molar-refractivity contribution in [2.24, 2.45) is 4.99 Å². The molecule has 0 N–H and O–H groups in total. The molecule has 3 aromatic rings. The topological polar surface area (TPSA) is 74.2 Å². The number of carbonyl (C=O) groups excluding carboxylic acids is 2. The van der Waals surface area contributed by atoms with Gasteiger partial charge in [-0.25, -0.2) is 14.6 Å². The van der Waals surface area contributed by atoms with Gasteiger partial charge in [-0.2, -0.15) is 0 Å². The number of rotatable bonds is 5. The number of carbonyl (C=O) groups is 2. The third-order valence-corrected chi connectivity index (χ3v) is 5.81. The van der Waals surface area contributed by atoms with E-state index in [1.54, 1.807) is 42.5 Å². The van der Waals surface area contributed by atoms with Gasteiger partial charge < -0.3 is 14.2 Å². The summed E-state index contributed by atoms with van der Waals surface area (Å²) in [6.45, 7) is 1.87. The summed E-state index contributed by atoms with van der Waals surface area (Å²) in [5, 5.41) is 0.797. The summed E-state index contributed by atoms with van der Waals surface area (Å²) in [7, 11) is 1.41. The van der Waals surface area contributed by atoms with E-state index in [4.69, 9.17) is 49.0 Å². The zero-order valence-electron chi connectivity index (χ0n) is 17.9. The molecule has 6 nitrogen and oxygen atoms in total. The molecular weight excluding hydrogens is 501 g/mol. The highest BCUT2D eigenvalue weighted by Gasteiger charge is 2.25. The summed E-state index contributed by atoms with van der Waals surface area (Å²) in [6.07, 6.45) is 1.48. The number of nitrogens with zero attached hydrogens (tertiary/aromatic N) is 1. The van der Waals surface area contributed by atoms with E-state index >= 15 is 0 Å². The largest absolute Gasteiger partial charge is 0.493 e. The van der Waals surface area contributed by atoms with Crippen LogP contribution in [-0.4, -0.2) is 24.9 Å². The van der Waals surface area contributed by atoms with E-state index < -0.39 is 11.9 Å². The fraction of sp³-hybridized carbons (Fsp3) is 0.0800. The van der Waals surface area contributed by atoms with E-state index in [0.29, 0.717) is 26.7 Å². The van der Waals surface area contributed by atoms with Gasteiger partial charge in [0.25, 0.3) is 0 Å². The highest BCUT2D eigenvalue weighted by atomic mass is 35.5. The van der Waals surface area contributed by atoms with E-state index in [2.05, 4.69) is 4.99 Å². The highest BCUT2D eigenvalue weighted by molar-refractivity contribution is 6.42. The maximum Gasteiger partial charge on any atom is 0.363 e.